The number of hydrogen-bond donors (Lipinski definition) is 1. The minimum absolute atomic E-state index is 0.0174. The molecule has 1 N–H and O–H groups in total. The summed E-state index contributed by atoms with van der Waals surface area (Å²) in [6, 6.07) is 6.02. The highest BCUT2D eigenvalue weighted by molar-refractivity contribution is 5.97. The fraction of sp³-hybridized carbons (Fsp3) is 0.591. The minimum atomic E-state index is -0.702. The Morgan fingerprint density at radius 1 is 1.17 bits per heavy atom. The third-order valence-corrected chi connectivity index (χ3v) is 4.94. The number of hydrogen-bond acceptors (Lipinski definition) is 5. The molecule has 29 heavy (non-hydrogen) atoms. The van der Waals surface area contributed by atoms with Crippen molar-refractivity contribution >= 4 is 17.8 Å². The predicted octanol–water partition coefficient (Wildman–Crippen LogP) is 3.05. The number of carbonyl (C=O) groups excluding carboxylic acids is 3. The van der Waals surface area contributed by atoms with Crippen molar-refractivity contribution in [1.29, 1.82) is 0 Å². The topological polar surface area (TPSA) is 84.9 Å². The van der Waals surface area contributed by atoms with E-state index in [0.29, 0.717) is 17.5 Å². The second-order valence-corrected chi connectivity index (χ2v) is 8.55. The van der Waals surface area contributed by atoms with Crippen molar-refractivity contribution in [3.8, 4) is 0 Å². The van der Waals surface area contributed by atoms with Gasteiger partial charge in [-0.3, -0.25) is 9.59 Å². The molecule has 160 valence electrons. The van der Waals surface area contributed by atoms with Gasteiger partial charge in [-0.25, -0.2) is 4.79 Å². The van der Waals surface area contributed by atoms with E-state index in [4.69, 9.17) is 9.47 Å². The van der Waals surface area contributed by atoms with E-state index in [1.807, 2.05) is 41.5 Å². The van der Waals surface area contributed by atoms with Crippen LogP contribution in [0.3, 0.4) is 0 Å². The molecule has 7 heteroatoms. The Morgan fingerprint density at radius 2 is 1.76 bits per heavy atom. The van der Waals surface area contributed by atoms with Crippen LogP contribution in [0.25, 0.3) is 0 Å². The van der Waals surface area contributed by atoms with Crippen LogP contribution in [0.15, 0.2) is 24.3 Å². The summed E-state index contributed by atoms with van der Waals surface area (Å²) in [7, 11) is 1.30. The maximum atomic E-state index is 12.8. The number of rotatable bonds is 7. The van der Waals surface area contributed by atoms with Crippen molar-refractivity contribution in [2.45, 2.75) is 71.9 Å². The van der Waals surface area contributed by atoms with E-state index in [1.54, 1.807) is 29.2 Å². The van der Waals surface area contributed by atoms with Crippen LogP contribution in [-0.2, 0) is 19.1 Å². The number of ether oxygens (including phenoxy) is 2. The quantitative estimate of drug-likeness (QED) is 0.706. The van der Waals surface area contributed by atoms with Crippen LogP contribution in [0.4, 0.5) is 0 Å². The lowest BCUT2D eigenvalue weighted by Gasteiger charge is -2.32. The third-order valence-electron chi connectivity index (χ3n) is 4.94. The van der Waals surface area contributed by atoms with Crippen molar-refractivity contribution in [3.05, 3.63) is 35.4 Å². The number of nitrogens with zero attached hydrogens (tertiary/aromatic N) is 1. The zero-order valence-corrected chi connectivity index (χ0v) is 18.3. The molecule has 0 bridgehead atoms. The highest BCUT2D eigenvalue weighted by Crippen LogP contribution is 2.38. The van der Waals surface area contributed by atoms with Crippen molar-refractivity contribution < 1.29 is 23.9 Å². The molecule has 2 atom stereocenters. The molecule has 0 saturated carbocycles. The van der Waals surface area contributed by atoms with Gasteiger partial charge in [-0.05, 0) is 57.7 Å². The van der Waals surface area contributed by atoms with E-state index in [2.05, 4.69) is 5.32 Å². The largest absolute Gasteiger partial charge is 0.467 e. The van der Waals surface area contributed by atoms with Gasteiger partial charge < -0.3 is 19.7 Å². The highest BCUT2D eigenvalue weighted by Gasteiger charge is 2.47. The smallest absolute Gasteiger partial charge is 0.328 e. The van der Waals surface area contributed by atoms with Crippen LogP contribution >= 0.6 is 0 Å². The Morgan fingerprint density at radius 3 is 2.21 bits per heavy atom. The summed E-state index contributed by atoms with van der Waals surface area (Å²) in [5, 5.41) is 2.73. The molecule has 1 fully saturated rings. The van der Waals surface area contributed by atoms with Gasteiger partial charge in [-0.2, -0.15) is 0 Å². The maximum absolute atomic E-state index is 12.8. The van der Waals surface area contributed by atoms with E-state index < -0.39 is 23.8 Å². The average Bonchev–Trinajstić information content (AvgIpc) is 2.89. The first-order valence-electron chi connectivity index (χ1n) is 9.97. The Kier molecular flexibility index (Phi) is 7.06. The number of nitrogens with one attached hydrogen (secondary N) is 1. The van der Waals surface area contributed by atoms with Crippen molar-refractivity contribution in [2.75, 3.05) is 7.11 Å². The molecule has 0 spiro atoms. The molecule has 0 aromatic heterocycles. The number of esters is 1. The molecule has 1 heterocycles. The third kappa shape index (κ3) is 5.15. The molecule has 1 aromatic carbocycles. The molecule has 7 nitrogen and oxygen atoms in total. The van der Waals surface area contributed by atoms with Crippen LogP contribution in [0.5, 0.6) is 0 Å². The van der Waals surface area contributed by atoms with E-state index in [0.717, 1.165) is 0 Å². The lowest BCUT2D eigenvalue weighted by atomic mass is 10.0. The van der Waals surface area contributed by atoms with Gasteiger partial charge in [0.2, 0.25) is 0 Å². The molecular formula is C22H32N2O5. The first-order chi connectivity index (χ1) is 13.5. The van der Waals surface area contributed by atoms with Crippen molar-refractivity contribution in [1.82, 2.24) is 10.2 Å². The first kappa shape index (κ1) is 22.9. The molecule has 1 aliphatic rings. The fourth-order valence-corrected chi connectivity index (χ4v) is 3.75. The highest BCUT2D eigenvalue weighted by atomic mass is 16.6. The average molecular weight is 405 g/mol. The van der Waals surface area contributed by atoms with Gasteiger partial charge in [0.25, 0.3) is 11.8 Å². The Labute approximate surface area is 172 Å². The summed E-state index contributed by atoms with van der Waals surface area (Å²) in [6.45, 7) is 11.6. The Balaban J connectivity index is 2.14. The standard InChI is InChI=1S/C22H32N2O5/c1-13(2)12-17(21(27)28-7)23-19(25)16-10-8-15(9-11-16)18-20(26)24(14(3)4)22(5,6)29-18/h8-11,13-14,17-18H,12H2,1-7H3,(H,23,25)/t17-,18?/m0/s1. The van der Waals surface area contributed by atoms with Gasteiger partial charge in [0, 0.05) is 11.6 Å². The second kappa shape index (κ2) is 8.95. The molecular weight excluding hydrogens is 372 g/mol. The van der Waals surface area contributed by atoms with Gasteiger partial charge in [0.05, 0.1) is 7.11 Å². The second-order valence-electron chi connectivity index (χ2n) is 8.55. The molecule has 1 saturated heterocycles. The van der Waals surface area contributed by atoms with Crippen molar-refractivity contribution in [2.24, 2.45) is 5.92 Å². The number of carbonyl (C=O) groups is 3. The maximum Gasteiger partial charge on any atom is 0.328 e. The molecule has 1 unspecified atom stereocenters. The van der Waals surface area contributed by atoms with Gasteiger partial charge in [0.15, 0.2) is 6.10 Å². The van der Waals surface area contributed by atoms with E-state index in [-0.39, 0.29) is 23.8 Å². The fourth-order valence-electron chi connectivity index (χ4n) is 3.75. The lowest BCUT2D eigenvalue weighted by Crippen LogP contribution is -2.46. The Bertz CT molecular complexity index is 755. The van der Waals surface area contributed by atoms with Crippen molar-refractivity contribution in [3.63, 3.8) is 0 Å². The summed E-state index contributed by atoms with van der Waals surface area (Å²) in [5.41, 5.74) is 0.391. The summed E-state index contributed by atoms with van der Waals surface area (Å²) >= 11 is 0. The molecule has 1 aromatic rings. The monoisotopic (exact) mass is 404 g/mol. The van der Waals surface area contributed by atoms with E-state index in [1.165, 1.54) is 7.11 Å². The molecule has 0 aliphatic carbocycles. The lowest BCUT2D eigenvalue weighted by molar-refractivity contribution is -0.143. The van der Waals surface area contributed by atoms with Crippen LogP contribution < -0.4 is 5.32 Å². The molecule has 1 aliphatic heterocycles. The van der Waals surface area contributed by atoms with Gasteiger partial charge in [0.1, 0.15) is 11.8 Å². The Hall–Kier alpha value is -2.41. The summed E-state index contributed by atoms with van der Waals surface area (Å²) < 4.78 is 10.8. The first-order valence-corrected chi connectivity index (χ1v) is 9.97. The molecule has 2 rings (SSSR count). The summed E-state index contributed by atoms with van der Waals surface area (Å²) in [5.74, 6) is -0.704. The van der Waals surface area contributed by atoms with E-state index >= 15 is 0 Å². The summed E-state index contributed by atoms with van der Waals surface area (Å²) in [6.07, 6.45) is -0.214. The van der Waals surface area contributed by atoms with Gasteiger partial charge >= 0.3 is 5.97 Å². The van der Waals surface area contributed by atoms with Crippen LogP contribution in [0, 0.1) is 5.92 Å². The minimum Gasteiger partial charge on any atom is -0.467 e. The van der Waals surface area contributed by atoms with Crippen LogP contribution in [0.2, 0.25) is 0 Å². The summed E-state index contributed by atoms with van der Waals surface area (Å²) in [4.78, 5) is 39.0. The predicted molar refractivity (Wildman–Crippen MR) is 109 cm³/mol. The molecule has 2 amide bonds. The number of benzene rings is 1. The van der Waals surface area contributed by atoms with Crippen LogP contribution in [0.1, 0.15) is 70.0 Å². The SMILES string of the molecule is COC(=O)[C@H](CC(C)C)NC(=O)c1ccc(C2OC(C)(C)N(C(C)C)C2=O)cc1. The zero-order valence-electron chi connectivity index (χ0n) is 18.3. The normalized spacial score (nSPS) is 19.6. The zero-order chi connectivity index (χ0) is 21.9. The van der Waals surface area contributed by atoms with Crippen LogP contribution in [-0.4, -0.2) is 47.6 Å². The van der Waals surface area contributed by atoms with E-state index in [9.17, 15) is 14.4 Å². The van der Waals surface area contributed by atoms with Gasteiger partial charge in [-0.1, -0.05) is 26.0 Å². The van der Waals surface area contributed by atoms with Gasteiger partial charge in [-0.15, -0.1) is 0 Å². The molecule has 0 radical (unpaired) electrons. The number of methoxy groups -OCH3 is 1. The number of amides is 2.